The number of carboxylic acid groups (broad SMARTS) is 1. The van der Waals surface area contributed by atoms with E-state index in [-0.39, 0.29) is 18.0 Å². The van der Waals surface area contributed by atoms with Crippen LogP contribution in [-0.2, 0) is 4.79 Å². The fourth-order valence-electron chi connectivity index (χ4n) is 1.10. The van der Waals surface area contributed by atoms with Crippen LogP contribution in [0.15, 0.2) is 18.3 Å². The standard InChI is InChI=1S/C10H12N2O5/c1-17-9-6(3-2-4-11-9)8(14)12-5-7(13)10(15)16/h2-4,7,13H,5H2,1H3,(H,12,14)(H,15,16). The summed E-state index contributed by atoms with van der Waals surface area (Å²) < 4.78 is 4.87. The fraction of sp³-hybridized carbons (Fsp3) is 0.300. The van der Waals surface area contributed by atoms with Gasteiger partial charge in [-0.15, -0.1) is 0 Å². The summed E-state index contributed by atoms with van der Waals surface area (Å²) in [6.45, 7) is -0.383. The number of amides is 1. The van der Waals surface area contributed by atoms with Crippen LogP contribution in [0.3, 0.4) is 0 Å². The fourth-order valence-corrected chi connectivity index (χ4v) is 1.10. The Labute approximate surface area is 97.1 Å². The summed E-state index contributed by atoms with van der Waals surface area (Å²) in [5.74, 6) is -1.83. The molecule has 7 nitrogen and oxygen atoms in total. The summed E-state index contributed by atoms with van der Waals surface area (Å²) in [7, 11) is 1.37. The zero-order valence-electron chi connectivity index (χ0n) is 9.08. The lowest BCUT2D eigenvalue weighted by molar-refractivity contribution is -0.146. The number of nitrogens with one attached hydrogen (secondary N) is 1. The number of hydrogen-bond donors (Lipinski definition) is 3. The van der Waals surface area contributed by atoms with Crippen LogP contribution in [0.1, 0.15) is 10.4 Å². The second-order valence-electron chi connectivity index (χ2n) is 3.12. The summed E-state index contributed by atoms with van der Waals surface area (Å²) in [6, 6.07) is 3.03. The van der Waals surface area contributed by atoms with Crippen molar-refractivity contribution >= 4 is 11.9 Å². The van der Waals surface area contributed by atoms with Crippen molar-refractivity contribution in [1.82, 2.24) is 10.3 Å². The smallest absolute Gasteiger partial charge is 0.334 e. The lowest BCUT2D eigenvalue weighted by atomic mass is 10.2. The van der Waals surface area contributed by atoms with Gasteiger partial charge < -0.3 is 20.3 Å². The minimum absolute atomic E-state index is 0.134. The van der Waals surface area contributed by atoms with E-state index < -0.39 is 18.0 Å². The molecule has 1 heterocycles. The van der Waals surface area contributed by atoms with Gasteiger partial charge in [0.05, 0.1) is 13.7 Å². The third-order valence-electron chi connectivity index (χ3n) is 1.95. The number of aliphatic hydroxyl groups excluding tert-OH is 1. The molecule has 0 aliphatic heterocycles. The molecule has 0 saturated heterocycles. The first-order valence-electron chi connectivity index (χ1n) is 4.74. The number of carbonyl (C=O) groups is 2. The lowest BCUT2D eigenvalue weighted by Gasteiger charge is -2.09. The first-order chi connectivity index (χ1) is 8.06. The highest BCUT2D eigenvalue weighted by Crippen LogP contribution is 2.12. The van der Waals surface area contributed by atoms with Crippen LogP contribution in [0.4, 0.5) is 0 Å². The second kappa shape index (κ2) is 5.80. The largest absolute Gasteiger partial charge is 0.480 e. The van der Waals surface area contributed by atoms with E-state index in [4.69, 9.17) is 14.9 Å². The van der Waals surface area contributed by atoms with Gasteiger partial charge in [-0.3, -0.25) is 4.79 Å². The van der Waals surface area contributed by atoms with Crippen LogP contribution in [0.2, 0.25) is 0 Å². The molecule has 1 unspecified atom stereocenters. The molecule has 1 rings (SSSR count). The van der Waals surface area contributed by atoms with Gasteiger partial charge in [0, 0.05) is 6.20 Å². The Kier molecular flexibility index (Phi) is 4.41. The Morgan fingerprint density at radius 3 is 2.88 bits per heavy atom. The Bertz CT molecular complexity index is 421. The monoisotopic (exact) mass is 240 g/mol. The van der Waals surface area contributed by atoms with Gasteiger partial charge in [-0.2, -0.15) is 0 Å². The van der Waals surface area contributed by atoms with E-state index in [2.05, 4.69) is 10.3 Å². The van der Waals surface area contributed by atoms with Crippen molar-refractivity contribution < 1.29 is 24.5 Å². The molecule has 92 valence electrons. The molecule has 17 heavy (non-hydrogen) atoms. The highest BCUT2D eigenvalue weighted by Gasteiger charge is 2.17. The molecule has 1 aromatic rings. The number of aromatic nitrogens is 1. The Hall–Kier alpha value is -2.15. The lowest BCUT2D eigenvalue weighted by Crippen LogP contribution is -2.36. The van der Waals surface area contributed by atoms with Crippen LogP contribution >= 0.6 is 0 Å². The number of hydrogen-bond acceptors (Lipinski definition) is 5. The predicted octanol–water partition coefficient (Wildman–Crippen LogP) is -0.735. The number of aliphatic carboxylic acids is 1. The number of rotatable bonds is 5. The van der Waals surface area contributed by atoms with Gasteiger partial charge in [-0.1, -0.05) is 0 Å². The predicted molar refractivity (Wildman–Crippen MR) is 56.8 cm³/mol. The van der Waals surface area contributed by atoms with Crippen molar-refractivity contribution in [2.24, 2.45) is 0 Å². The van der Waals surface area contributed by atoms with Crippen LogP contribution in [0.25, 0.3) is 0 Å². The molecule has 0 aliphatic rings. The van der Waals surface area contributed by atoms with E-state index in [0.717, 1.165) is 0 Å². The minimum Gasteiger partial charge on any atom is -0.480 e. The summed E-state index contributed by atoms with van der Waals surface area (Å²) in [4.78, 5) is 25.8. The molecule has 0 saturated carbocycles. The number of pyridine rings is 1. The summed E-state index contributed by atoms with van der Waals surface area (Å²) >= 11 is 0. The Balaban J connectivity index is 2.67. The van der Waals surface area contributed by atoms with Crippen molar-refractivity contribution in [3.63, 3.8) is 0 Å². The van der Waals surface area contributed by atoms with E-state index in [1.165, 1.54) is 19.4 Å². The molecule has 0 bridgehead atoms. The minimum atomic E-state index is -1.64. The molecule has 0 spiro atoms. The van der Waals surface area contributed by atoms with Gasteiger partial charge in [0.25, 0.3) is 5.91 Å². The first-order valence-corrected chi connectivity index (χ1v) is 4.74. The third-order valence-corrected chi connectivity index (χ3v) is 1.95. The average molecular weight is 240 g/mol. The molecule has 1 atom stereocenters. The zero-order chi connectivity index (χ0) is 12.8. The van der Waals surface area contributed by atoms with Gasteiger partial charge in [-0.05, 0) is 12.1 Å². The summed E-state index contributed by atoms with van der Waals surface area (Å²) in [5.41, 5.74) is 0.174. The van der Waals surface area contributed by atoms with Crippen molar-refractivity contribution in [1.29, 1.82) is 0 Å². The second-order valence-corrected chi connectivity index (χ2v) is 3.12. The maximum atomic E-state index is 11.6. The molecule has 0 aliphatic carbocycles. The van der Waals surface area contributed by atoms with E-state index in [1.54, 1.807) is 6.07 Å². The summed E-state index contributed by atoms with van der Waals surface area (Å²) in [5, 5.41) is 19.7. The number of aliphatic hydroxyl groups is 1. The van der Waals surface area contributed by atoms with Gasteiger partial charge in [0.15, 0.2) is 6.10 Å². The highest BCUT2D eigenvalue weighted by molar-refractivity contribution is 5.96. The highest BCUT2D eigenvalue weighted by atomic mass is 16.5. The van der Waals surface area contributed by atoms with Crippen LogP contribution in [0, 0.1) is 0 Å². The van der Waals surface area contributed by atoms with Gasteiger partial charge >= 0.3 is 5.97 Å². The number of carboxylic acids is 1. The van der Waals surface area contributed by atoms with E-state index in [1.807, 2.05) is 0 Å². The topological polar surface area (TPSA) is 109 Å². The van der Waals surface area contributed by atoms with Gasteiger partial charge in [0.2, 0.25) is 5.88 Å². The van der Waals surface area contributed by atoms with Crippen molar-refractivity contribution in [3.05, 3.63) is 23.9 Å². The maximum absolute atomic E-state index is 11.6. The van der Waals surface area contributed by atoms with Crippen LogP contribution < -0.4 is 10.1 Å². The Morgan fingerprint density at radius 2 is 2.29 bits per heavy atom. The zero-order valence-corrected chi connectivity index (χ0v) is 9.08. The number of methoxy groups -OCH3 is 1. The number of nitrogens with zero attached hydrogens (tertiary/aromatic N) is 1. The van der Waals surface area contributed by atoms with Crippen LogP contribution in [-0.4, -0.2) is 46.8 Å². The molecular formula is C10H12N2O5. The van der Waals surface area contributed by atoms with E-state index >= 15 is 0 Å². The molecule has 7 heteroatoms. The SMILES string of the molecule is COc1ncccc1C(=O)NCC(O)C(=O)O. The van der Waals surface area contributed by atoms with Crippen molar-refractivity contribution in [3.8, 4) is 5.88 Å². The van der Waals surface area contributed by atoms with Gasteiger partial charge in [-0.25, -0.2) is 9.78 Å². The normalized spacial score (nSPS) is 11.6. The molecule has 0 radical (unpaired) electrons. The Morgan fingerprint density at radius 1 is 1.59 bits per heavy atom. The van der Waals surface area contributed by atoms with Crippen molar-refractivity contribution in [2.75, 3.05) is 13.7 Å². The third kappa shape index (κ3) is 3.42. The average Bonchev–Trinajstić information content (AvgIpc) is 2.35. The first kappa shape index (κ1) is 12.9. The number of carbonyl (C=O) groups excluding carboxylic acids is 1. The van der Waals surface area contributed by atoms with Crippen molar-refractivity contribution in [2.45, 2.75) is 6.10 Å². The van der Waals surface area contributed by atoms with Crippen LogP contribution in [0.5, 0.6) is 5.88 Å². The van der Waals surface area contributed by atoms with Gasteiger partial charge in [0.1, 0.15) is 5.56 Å². The summed E-state index contributed by atoms with van der Waals surface area (Å²) in [6.07, 6.45) is -0.177. The number of ether oxygens (including phenoxy) is 1. The molecule has 1 aromatic heterocycles. The van der Waals surface area contributed by atoms with E-state index in [9.17, 15) is 9.59 Å². The molecule has 3 N–H and O–H groups in total. The molecule has 0 fully saturated rings. The molecule has 1 amide bonds. The quantitative estimate of drug-likeness (QED) is 0.625. The molecule has 0 aromatic carbocycles. The maximum Gasteiger partial charge on any atom is 0.334 e. The molecular weight excluding hydrogens is 228 g/mol. The van der Waals surface area contributed by atoms with E-state index in [0.29, 0.717) is 0 Å².